The van der Waals surface area contributed by atoms with Gasteiger partial charge < -0.3 is 15.1 Å². The normalized spacial score (nSPS) is 18.7. The predicted octanol–water partition coefficient (Wildman–Crippen LogP) is 11.2. The van der Waals surface area contributed by atoms with Gasteiger partial charge >= 0.3 is 11.9 Å². The molecule has 1 aliphatic carbocycles. The van der Waals surface area contributed by atoms with Crippen molar-refractivity contribution in [3.05, 3.63) is 139 Å². The first-order valence-corrected chi connectivity index (χ1v) is 24.1. The van der Waals surface area contributed by atoms with Gasteiger partial charge in [-0.2, -0.15) is 5.26 Å². The quantitative estimate of drug-likeness (QED) is 0.131. The van der Waals surface area contributed by atoms with Crippen LogP contribution >= 0.6 is 34.0 Å². The first kappa shape index (κ1) is 41.7. The Balaban J connectivity index is 1.02. The number of fused-ring (bicyclic) bond motifs is 9. The van der Waals surface area contributed by atoms with E-state index >= 15 is 0 Å². The molecular weight excluding hydrogens is 855 g/mol. The minimum absolute atomic E-state index is 0.0896. The van der Waals surface area contributed by atoms with Crippen molar-refractivity contribution in [1.29, 1.82) is 5.26 Å². The molecule has 8 aromatic rings. The molecule has 11 heteroatoms. The van der Waals surface area contributed by atoms with Crippen LogP contribution < -0.4 is 19.7 Å². The number of allylic oxidation sites excluding steroid dienone is 2. The van der Waals surface area contributed by atoms with Crippen molar-refractivity contribution in [1.82, 2.24) is 4.57 Å². The number of thiophene rings is 2. The van der Waals surface area contributed by atoms with E-state index in [1.54, 1.807) is 34.8 Å². The summed E-state index contributed by atoms with van der Waals surface area (Å²) in [6.07, 6.45) is 13.9. The molecule has 10 rings (SSSR count). The topological polar surface area (TPSA) is 124 Å². The lowest BCUT2D eigenvalue weighted by Crippen LogP contribution is -2.58. The van der Waals surface area contributed by atoms with E-state index in [1.165, 1.54) is 83.0 Å². The molecule has 3 aromatic heterocycles. The summed E-state index contributed by atoms with van der Waals surface area (Å²) in [6.45, 7) is 9.87. The Morgan fingerprint density at radius 1 is 0.828 bits per heavy atom. The first-order valence-electron chi connectivity index (χ1n) is 21.6. The zero-order valence-corrected chi connectivity index (χ0v) is 38.3. The molecule has 8 nitrogen and oxygen atoms in total. The van der Waals surface area contributed by atoms with Crippen LogP contribution in [0.2, 0.25) is 0 Å². The van der Waals surface area contributed by atoms with Crippen molar-refractivity contribution < 1.29 is 19.8 Å². The first-order chi connectivity index (χ1) is 30.8. The van der Waals surface area contributed by atoms with Gasteiger partial charge in [0.05, 0.1) is 20.0 Å². The number of anilines is 1. The second-order valence-corrected chi connectivity index (χ2v) is 20.9. The smallest absolute Gasteiger partial charge is 0.349 e. The number of hydrogen-bond acceptors (Lipinski definition) is 8. The van der Waals surface area contributed by atoms with Crippen LogP contribution in [0, 0.1) is 16.7 Å². The molecule has 0 bridgehead atoms. The summed E-state index contributed by atoms with van der Waals surface area (Å²) in [5, 5.41) is 35.3. The third-order valence-corrected chi connectivity index (χ3v) is 17.4. The van der Waals surface area contributed by atoms with Crippen LogP contribution in [0.3, 0.4) is 0 Å². The number of nitriles is 1. The Hall–Kier alpha value is -6.32. The van der Waals surface area contributed by atoms with Gasteiger partial charge in [0.1, 0.15) is 17.3 Å². The van der Waals surface area contributed by atoms with Crippen LogP contribution in [0.5, 0.6) is 0 Å². The lowest BCUT2D eigenvalue weighted by molar-refractivity contribution is -0.138. The third-order valence-electron chi connectivity index (χ3n) is 13.7. The Labute approximate surface area is 381 Å². The van der Waals surface area contributed by atoms with Crippen molar-refractivity contribution in [3.63, 3.8) is 0 Å². The number of para-hydroxylation sites is 1. The third kappa shape index (κ3) is 6.70. The molecule has 0 spiro atoms. The number of benzene rings is 5. The number of carbonyl (C=O) groups is 2. The summed E-state index contributed by atoms with van der Waals surface area (Å²) in [6, 6.07) is 32.7. The second kappa shape index (κ2) is 15.7. The van der Waals surface area contributed by atoms with Crippen LogP contribution in [-0.2, 0) is 21.5 Å². The maximum Gasteiger partial charge on any atom is 0.349 e. The molecular formula is C53H45N3O5S3. The van der Waals surface area contributed by atoms with E-state index in [0.717, 1.165) is 38.6 Å². The Morgan fingerprint density at radius 2 is 1.52 bits per heavy atom. The molecule has 0 radical (unpaired) electrons. The molecule has 0 saturated carbocycles. The maximum atomic E-state index is 13.3. The number of rotatable bonds is 10. The van der Waals surface area contributed by atoms with Gasteiger partial charge in [0.2, 0.25) is 0 Å². The van der Waals surface area contributed by atoms with Crippen molar-refractivity contribution >= 4 is 120 Å². The van der Waals surface area contributed by atoms with Gasteiger partial charge in [-0.25, -0.2) is 4.79 Å². The molecule has 5 aromatic carbocycles. The fourth-order valence-corrected chi connectivity index (χ4v) is 13.8. The van der Waals surface area contributed by atoms with Crippen LogP contribution in [-0.4, -0.2) is 39.3 Å². The summed E-state index contributed by atoms with van der Waals surface area (Å²) in [4.78, 5) is 39.3. The largest absolute Gasteiger partial charge is 0.480 e. The van der Waals surface area contributed by atoms with E-state index in [2.05, 4.69) is 118 Å². The van der Waals surface area contributed by atoms with Gasteiger partial charge in [0, 0.05) is 43.2 Å². The highest BCUT2D eigenvalue weighted by Crippen LogP contribution is 2.57. The fraction of sp³-hybridized carbons (Fsp3) is 0.245. The van der Waals surface area contributed by atoms with Crippen molar-refractivity contribution in [3.8, 4) is 6.07 Å². The molecule has 2 unspecified atom stereocenters. The van der Waals surface area contributed by atoms with Crippen LogP contribution in [0.25, 0.3) is 68.3 Å². The predicted molar refractivity (Wildman–Crippen MR) is 265 cm³/mol. The summed E-state index contributed by atoms with van der Waals surface area (Å²) in [5.41, 5.74) is 4.40. The average Bonchev–Trinajstić information content (AvgIpc) is 3.90. The number of carboxylic acids is 2. The molecule has 0 fully saturated rings. The van der Waals surface area contributed by atoms with Gasteiger partial charge in [-0.1, -0.05) is 108 Å². The number of nitrogens with zero attached hydrogens (tertiary/aromatic N) is 3. The number of carboxylic acid groups (broad SMARTS) is 2. The number of thiazole rings is 1. The monoisotopic (exact) mass is 899 g/mol. The van der Waals surface area contributed by atoms with Gasteiger partial charge in [0.25, 0.3) is 5.56 Å². The highest BCUT2D eigenvalue weighted by atomic mass is 32.1. The number of hydrogen-bond donors (Lipinski definition) is 2. The number of aromatic nitrogens is 1. The van der Waals surface area contributed by atoms with E-state index in [9.17, 15) is 29.9 Å². The molecule has 2 atom stereocenters. The standard InChI is InChI=1S/C53H45N3O5S3/c1-5-6-7-10-19-55-41-12-9-8-11-40(41)52(2,3)53(4)27-34(17-18-45(53)55)31-15-16-33-26-43-38(24-36(33)22-31)48-47(63-43)37-23-35-20-30(13-14-32(35)25-42(37)62-48)21-44-49(59)56(29-46(57)58)50(64-44)39(28-54)51(60)61/h8-9,11-18,20-27,45H,5-7,10,19,29H2,1-4H3,(H,57,58)(H,60,61)/b44-21+,50-39+. The van der Waals surface area contributed by atoms with Crippen molar-refractivity contribution in [2.45, 2.75) is 71.4 Å². The summed E-state index contributed by atoms with van der Waals surface area (Å²) in [7, 11) is 0. The van der Waals surface area contributed by atoms with Gasteiger partial charge in [-0.3, -0.25) is 14.2 Å². The van der Waals surface area contributed by atoms with Crippen LogP contribution in [0.15, 0.2) is 108 Å². The number of unbranched alkanes of at least 4 members (excludes halogenated alkanes) is 3. The average molecular weight is 900 g/mol. The lowest BCUT2D eigenvalue weighted by Gasteiger charge is -2.58. The summed E-state index contributed by atoms with van der Waals surface area (Å²) >= 11 is 4.40. The summed E-state index contributed by atoms with van der Waals surface area (Å²) < 4.78 is 5.68. The molecule has 1 aliphatic heterocycles. The van der Waals surface area contributed by atoms with Crippen molar-refractivity contribution in [2.75, 3.05) is 11.4 Å². The number of aliphatic carboxylic acids is 2. The van der Waals surface area contributed by atoms with Crippen LogP contribution in [0.4, 0.5) is 5.69 Å². The Bertz CT molecular complexity index is 3600. The zero-order valence-electron chi connectivity index (χ0n) is 35.9. The maximum absolute atomic E-state index is 13.3. The molecule has 2 N–H and O–H groups in total. The molecule has 64 heavy (non-hydrogen) atoms. The van der Waals surface area contributed by atoms with Gasteiger partial charge in [0.15, 0.2) is 5.57 Å². The highest BCUT2D eigenvalue weighted by Gasteiger charge is 2.53. The van der Waals surface area contributed by atoms with E-state index in [0.29, 0.717) is 5.56 Å². The summed E-state index contributed by atoms with van der Waals surface area (Å²) in [5.74, 6) is -2.84. The zero-order chi connectivity index (χ0) is 44.7. The fourth-order valence-electron chi connectivity index (χ4n) is 10.0. The van der Waals surface area contributed by atoms with Crippen molar-refractivity contribution in [2.24, 2.45) is 5.41 Å². The molecule has 320 valence electrons. The minimum atomic E-state index is -1.53. The van der Waals surface area contributed by atoms with E-state index in [1.807, 2.05) is 18.2 Å². The molecule has 0 saturated heterocycles. The van der Waals surface area contributed by atoms with Gasteiger partial charge in [-0.15, -0.1) is 34.0 Å². The lowest BCUT2D eigenvalue weighted by atomic mass is 9.54. The van der Waals surface area contributed by atoms with E-state index in [4.69, 9.17) is 0 Å². The molecule has 2 aliphatic rings. The Kier molecular flexibility index (Phi) is 10.2. The molecule has 4 heterocycles. The van der Waals surface area contributed by atoms with E-state index < -0.39 is 29.6 Å². The Morgan fingerprint density at radius 3 is 2.19 bits per heavy atom. The van der Waals surface area contributed by atoms with Gasteiger partial charge in [-0.05, 0) is 98.8 Å². The molecule has 0 amide bonds. The SMILES string of the molecule is CCCCCCN1c2ccccc2C(C)(C)C2(C)C=C(c3ccc4cc5sc6c7cc8cc(/C=c9/s/c(=C(\C#N)C(=O)O)n(CC(=O)O)c9=O)ccc8cc7sc6c5cc4c3)C=CC12. The second-order valence-electron chi connectivity index (χ2n) is 17.8. The highest BCUT2D eigenvalue weighted by molar-refractivity contribution is 7.36. The van der Waals surface area contributed by atoms with E-state index in [-0.39, 0.29) is 26.1 Å². The minimum Gasteiger partial charge on any atom is -0.480 e. The van der Waals surface area contributed by atoms with Crippen LogP contribution in [0.1, 0.15) is 70.1 Å².